The third kappa shape index (κ3) is 5.50. The van der Waals surface area contributed by atoms with E-state index in [9.17, 15) is 18.0 Å². The molecule has 35 heavy (non-hydrogen) atoms. The molecule has 0 unspecified atom stereocenters. The Morgan fingerprint density at radius 2 is 1.83 bits per heavy atom. The summed E-state index contributed by atoms with van der Waals surface area (Å²) in [7, 11) is 1.60. The van der Waals surface area contributed by atoms with Crippen LogP contribution in [0.2, 0.25) is 0 Å². The van der Waals surface area contributed by atoms with Gasteiger partial charge in [-0.3, -0.25) is 0 Å². The minimum Gasteiger partial charge on any atom is -0.494 e. The normalized spacial score (nSPS) is 14.2. The Hall–Kier alpha value is -3.76. The predicted octanol–water partition coefficient (Wildman–Crippen LogP) is 3.94. The fraction of sp³-hybridized carbons (Fsp3) is 0.375. The van der Waals surface area contributed by atoms with Gasteiger partial charge in [-0.05, 0) is 43.2 Å². The summed E-state index contributed by atoms with van der Waals surface area (Å²) in [5, 5.41) is 7.06. The smallest absolute Gasteiger partial charge is 0.416 e. The van der Waals surface area contributed by atoms with Crippen molar-refractivity contribution in [2.24, 2.45) is 0 Å². The molecule has 0 atom stereocenters. The third-order valence-electron chi connectivity index (χ3n) is 6.00. The highest BCUT2D eigenvalue weighted by Gasteiger charge is 2.32. The molecule has 0 bridgehead atoms. The number of ether oxygens (including phenoxy) is 1. The van der Waals surface area contributed by atoms with Crippen molar-refractivity contribution in [3.8, 4) is 11.4 Å². The number of halogens is 3. The first-order valence-electron chi connectivity index (χ1n) is 11.2. The molecule has 11 heteroatoms. The standard InChI is InChI=1S/C24H27F3N6O2/c1-16-4-5-18(12-20(16)24(25,26)27)14-28-23(34)32-10-8-31(9-11-32)19-6-7-21(22(13-19)35-3)33-15-29-17(2)30-33/h4-7,12-13,15H,8-11,14H2,1-3H3,(H,28,34). The second kappa shape index (κ2) is 9.85. The second-order valence-electron chi connectivity index (χ2n) is 8.37. The molecule has 0 radical (unpaired) electrons. The average molecular weight is 489 g/mol. The van der Waals surface area contributed by atoms with Gasteiger partial charge < -0.3 is 19.9 Å². The number of hydrogen-bond donors (Lipinski definition) is 1. The number of nitrogens with one attached hydrogen (secondary N) is 1. The van der Waals surface area contributed by atoms with Gasteiger partial charge in [-0.1, -0.05) is 12.1 Å². The van der Waals surface area contributed by atoms with Gasteiger partial charge in [0, 0.05) is 44.5 Å². The molecule has 2 amide bonds. The lowest BCUT2D eigenvalue weighted by Gasteiger charge is -2.36. The lowest BCUT2D eigenvalue weighted by molar-refractivity contribution is -0.138. The predicted molar refractivity (Wildman–Crippen MR) is 125 cm³/mol. The average Bonchev–Trinajstić information content (AvgIpc) is 3.28. The number of piperazine rings is 1. The van der Waals surface area contributed by atoms with E-state index in [0.29, 0.717) is 43.3 Å². The van der Waals surface area contributed by atoms with Crippen molar-refractivity contribution in [1.29, 1.82) is 0 Å². The maximum atomic E-state index is 13.1. The summed E-state index contributed by atoms with van der Waals surface area (Å²) in [4.78, 5) is 20.6. The van der Waals surface area contributed by atoms with Crippen LogP contribution in [-0.2, 0) is 12.7 Å². The molecule has 3 aromatic rings. The number of alkyl halides is 3. The van der Waals surface area contributed by atoms with Crippen LogP contribution in [0.3, 0.4) is 0 Å². The van der Waals surface area contributed by atoms with Crippen molar-refractivity contribution in [3.05, 3.63) is 65.2 Å². The van der Waals surface area contributed by atoms with Crippen LogP contribution in [0.25, 0.3) is 5.69 Å². The highest BCUT2D eigenvalue weighted by molar-refractivity contribution is 5.74. The largest absolute Gasteiger partial charge is 0.494 e. The van der Waals surface area contributed by atoms with E-state index in [4.69, 9.17) is 4.74 Å². The van der Waals surface area contributed by atoms with Gasteiger partial charge in [0.25, 0.3) is 0 Å². The van der Waals surface area contributed by atoms with Crippen LogP contribution >= 0.6 is 0 Å². The number of carbonyl (C=O) groups is 1. The molecule has 1 N–H and O–H groups in total. The number of urea groups is 1. The zero-order valence-electron chi connectivity index (χ0n) is 19.8. The Bertz CT molecular complexity index is 1200. The first kappa shape index (κ1) is 24.4. The summed E-state index contributed by atoms with van der Waals surface area (Å²) in [6.07, 6.45) is -2.79. The van der Waals surface area contributed by atoms with Crippen molar-refractivity contribution in [3.63, 3.8) is 0 Å². The molecule has 1 aliphatic rings. The van der Waals surface area contributed by atoms with Gasteiger partial charge >= 0.3 is 12.2 Å². The molecular weight excluding hydrogens is 461 g/mol. The monoisotopic (exact) mass is 488 g/mol. The van der Waals surface area contributed by atoms with Crippen molar-refractivity contribution in [1.82, 2.24) is 25.0 Å². The molecule has 1 saturated heterocycles. The van der Waals surface area contributed by atoms with E-state index in [1.165, 1.54) is 13.0 Å². The van der Waals surface area contributed by atoms with E-state index in [2.05, 4.69) is 20.3 Å². The van der Waals surface area contributed by atoms with Crippen LogP contribution in [0.15, 0.2) is 42.7 Å². The Balaban J connectivity index is 1.34. The fourth-order valence-electron chi connectivity index (χ4n) is 4.06. The number of aryl methyl sites for hydroxylation is 2. The number of rotatable bonds is 5. The van der Waals surface area contributed by atoms with Crippen LogP contribution < -0.4 is 15.0 Å². The summed E-state index contributed by atoms with van der Waals surface area (Å²) in [5.41, 5.74) is 1.62. The zero-order chi connectivity index (χ0) is 25.2. The van der Waals surface area contributed by atoms with Crippen molar-refractivity contribution >= 4 is 11.7 Å². The Morgan fingerprint density at radius 1 is 1.09 bits per heavy atom. The first-order valence-corrected chi connectivity index (χ1v) is 11.2. The summed E-state index contributed by atoms with van der Waals surface area (Å²) in [6.45, 7) is 5.46. The molecule has 1 aliphatic heterocycles. The first-order chi connectivity index (χ1) is 16.7. The van der Waals surface area contributed by atoms with Crippen LogP contribution in [0, 0.1) is 13.8 Å². The SMILES string of the molecule is COc1cc(N2CCN(C(=O)NCc3ccc(C)c(C(F)(F)F)c3)CC2)ccc1-n1cnc(C)n1. The molecule has 8 nitrogen and oxygen atoms in total. The Labute approximate surface area is 201 Å². The maximum Gasteiger partial charge on any atom is 0.416 e. The molecular formula is C24H27F3N6O2. The lowest BCUT2D eigenvalue weighted by atomic mass is 10.0. The molecule has 0 saturated carbocycles. The fourth-order valence-corrected chi connectivity index (χ4v) is 4.06. The lowest BCUT2D eigenvalue weighted by Crippen LogP contribution is -2.51. The number of amides is 2. The highest BCUT2D eigenvalue weighted by Crippen LogP contribution is 2.32. The third-order valence-corrected chi connectivity index (χ3v) is 6.00. The van der Waals surface area contributed by atoms with E-state index in [1.54, 1.807) is 29.1 Å². The topological polar surface area (TPSA) is 75.5 Å². The van der Waals surface area contributed by atoms with E-state index in [-0.39, 0.29) is 18.1 Å². The van der Waals surface area contributed by atoms with Gasteiger partial charge in [-0.15, -0.1) is 0 Å². The Kier molecular flexibility index (Phi) is 6.86. The molecule has 0 aliphatic carbocycles. The van der Waals surface area contributed by atoms with E-state index >= 15 is 0 Å². The van der Waals surface area contributed by atoms with Gasteiger partial charge in [0.2, 0.25) is 0 Å². The van der Waals surface area contributed by atoms with E-state index in [1.807, 2.05) is 25.1 Å². The highest BCUT2D eigenvalue weighted by atomic mass is 19.4. The maximum absolute atomic E-state index is 13.1. The van der Waals surface area contributed by atoms with Gasteiger partial charge in [0.15, 0.2) is 0 Å². The molecule has 1 fully saturated rings. The molecule has 2 aromatic carbocycles. The number of nitrogens with zero attached hydrogens (tertiary/aromatic N) is 5. The number of benzene rings is 2. The molecule has 2 heterocycles. The van der Waals surface area contributed by atoms with Gasteiger partial charge in [0.1, 0.15) is 23.6 Å². The van der Waals surface area contributed by atoms with Crippen LogP contribution in [0.1, 0.15) is 22.5 Å². The molecule has 1 aromatic heterocycles. The van der Waals surface area contributed by atoms with Gasteiger partial charge in [-0.25, -0.2) is 14.5 Å². The number of hydrogen-bond acceptors (Lipinski definition) is 5. The van der Waals surface area contributed by atoms with Crippen molar-refractivity contribution in [2.75, 3.05) is 38.2 Å². The molecule has 4 rings (SSSR count). The zero-order valence-corrected chi connectivity index (χ0v) is 19.8. The summed E-state index contributed by atoms with van der Waals surface area (Å²) < 4.78 is 46.6. The summed E-state index contributed by atoms with van der Waals surface area (Å²) >= 11 is 0. The number of aromatic nitrogens is 3. The summed E-state index contributed by atoms with van der Waals surface area (Å²) in [5.74, 6) is 1.32. The van der Waals surface area contributed by atoms with Gasteiger partial charge in [-0.2, -0.15) is 18.3 Å². The number of carbonyl (C=O) groups excluding carboxylic acids is 1. The quantitative estimate of drug-likeness (QED) is 0.589. The van der Waals surface area contributed by atoms with Crippen LogP contribution in [-0.4, -0.2) is 59.0 Å². The second-order valence-corrected chi connectivity index (χ2v) is 8.37. The summed E-state index contributed by atoms with van der Waals surface area (Å²) in [6, 6.07) is 9.63. The minimum atomic E-state index is -4.42. The van der Waals surface area contributed by atoms with Gasteiger partial charge in [0.05, 0.1) is 12.7 Å². The van der Waals surface area contributed by atoms with E-state index in [0.717, 1.165) is 17.4 Å². The van der Waals surface area contributed by atoms with Crippen molar-refractivity contribution < 1.29 is 22.7 Å². The number of anilines is 1. The minimum absolute atomic E-state index is 0.0306. The molecule has 0 spiro atoms. The van der Waals surface area contributed by atoms with E-state index < -0.39 is 11.7 Å². The van der Waals surface area contributed by atoms with Crippen LogP contribution in [0.5, 0.6) is 5.75 Å². The molecule has 186 valence electrons. The Morgan fingerprint density at radius 3 is 2.46 bits per heavy atom. The number of methoxy groups -OCH3 is 1. The van der Waals surface area contributed by atoms with Crippen molar-refractivity contribution in [2.45, 2.75) is 26.6 Å². The van der Waals surface area contributed by atoms with Crippen LogP contribution in [0.4, 0.5) is 23.7 Å².